The molecule has 0 aromatic carbocycles. The van der Waals surface area contributed by atoms with Crippen LogP contribution in [0.15, 0.2) is 0 Å². The molecule has 0 aromatic heterocycles. The molecule has 1 atom stereocenters. The Kier molecular flexibility index (Phi) is 5.40. The lowest BCUT2D eigenvalue weighted by atomic mass is 9.96. The van der Waals surface area contributed by atoms with Crippen LogP contribution in [0.3, 0.4) is 0 Å². The lowest BCUT2D eigenvalue weighted by Gasteiger charge is -2.40. The molecule has 2 fully saturated rings. The minimum absolute atomic E-state index is 0.0234. The molecule has 2 aliphatic rings. The Labute approximate surface area is 121 Å². The molecule has 0 spiro atoms. The predicted molar refractivity (Wildman–Crippen MR) is 76.2 cm³/mol. The van der Waals surface area contributed by atoms with Gasteiger partial charge in [0.1, 0.15) is 6.10 Å². The highest BCUT2D eigenvalue weighted by Crippen LogP contribution is 2.24. The van der Waals surface area contributed by atoms with Crippen LogP contribution in [0.2, 0.25) is 0 Å². The minimum Gasteiger partial charge on any atom is -0.365 e. The average molecular weight is 282 g/mol. The van der Waals surface area contributed by atoms with Crippen molar-refractivity contribution in [3.63, 3.8) is 0 Å². The number of likely N-dealkylation sites (tertiary alicyclic amines) is 1. The van der Waals surface area contributed by atoms with Crippen LogP contribution in [0.5, 0.6) is 0 Å². The Morgan fingerprint density at radius 1 is 1.25 bits per heavy atom. The SMILES string of the molecule is CCC(OC1CCCCC1)C(=O)N1CC(C(=O)NC)C1. The predicted octanol–water partition coefficient (Wildman–Crippen LogP) is 1.32. The van der Waals surface area contributed by atoms with E-state index in [0.29, 0.717) is 19.5 Å². The lowest BCUT2D eigenvalue weighted by molar-refractivity contribution is -0.157. The number of nitrogens with one attached hydrogen (secondary N) is 1. The molecule has 1 aliphatic heterocycles. The van der Waals surface area contributed by atoms with Crippen molar-refractivity contribution in [1.29, 1.82) is 0 Å². The van der Waals surface area contributed by atoms with Crippen LogP contribution in [-0.4, -0.2) is 49.1 Å². The quantitative estimate of drug-likeness (QED) is 0.827. The number of carbonyl (C=O) groups is 2. The number of amides is 2. The van der Waals surface area contributed by atoms with Crippen molar-refractivity contribution in [3.8, 4) is 0 Å². The molecule has 2 amide bonds. The molecule has 1 N–H and O–H groups in total. The molecule has 5 nitrogen and oxygen atoms in total. The summed E-state index contributed by atoms with van der Waals surface area (Å²) in [7, 11) is 1.63. The van der Waals surface area contributed by atoms with E-state index < -0.39 is 0 Å². The molecule has 2 rings (SSSR count). The topological polar surface area (TPSA) is 58.6 Å². The van der Waals surface area contributed by atoms with Gasteiger partial charge in [0.25, 0.3) is 5.91 Å². The molecular formula is C15H26N2O3. The molecule has 0 bridgehead atoms. The van der Waals surface area contributed by atoms with E-state index in [2.05, 4.69) is 5.32 Å². The third-order valence-corrected chi connectivity index (χ3v) is 4.37. The highest BCUT2D eigenvalue weighted by Gasteiger charge is 2.38. The Bertz CT molecular complexity index is 347. The Hall–Kier alpha value is -1.10. The van der Waals surface area contributed by atoms with Crippen LogP contribution in [0.4, 0.5) is 0 Å². The second-order valence-corrected chi connectivity index (χ2v) is 5.85. The normalized spacial score (nSPS) is 22.2. The van der Waals surface area contributed by atoms with Crippen molar-refractivity contribution in [1.82, 2.24) is 10.2 Å². The lowest BCUT2D eigenvalue weighted by Crippen LogP contribution is -2.58. The zero-order valence-corrected chi connectivity index (χ0v) is 12.6. The molecule has 20 heavy (non-hydrogen) atoms. The van der Waals surface area contributed by atoms with Crippen LogP contribution in [0.1, 0.15) is 45.4 Å². The van der Waals surface area contributed by atoms with E-state index >= 15 is 0 Å². The summed E-state index contributed by atoms with van der Waals surface area (Å²) in [4.78, 5) is 25.5. The van der Waals surface area contributed by atoms with Crippen LogP contribution in [0.25, 0.3) is 0 Å². The van der Waals surface area contributed by atoms with Crippen molar-refractivity contribution in [2.75, 3.05) is 20.1 Å². The van der Waals surface area contributed by atoms with Crippen molar-refractivity contribution >= 4 is 11.8 Å². The van der Waals surface area contributed by atoms with Crippen LogP contribution >= 0.6 is 0 Å². The molecule has 1 saturated heterocycles. The molecule has 5 heteroatoms. The van der Waals surface area contributed by atoms with E-state index in [-0.39, 0.29) is 29.9 Å². The zero-order chi connectivity index (χ0) is 14.5. The number of nitrogens with zero attached hydrogens (tertiary/aromatic N) is 1. The van der Waals surface area contributed by atoms with Gasteiger partial charge in [0.05, 0.1) is 12.0 Å². The summed E-state index contributed by atoms with van der Waals surface area (Å²) in [6, 6.07) is 0. The van der Waals surface area contributed by atoms with Gasteiger partial charge < -0.3 is 15.0 Å². The third kappa shape index (κ3) is 3.51. The van der Waals surface area contributed by atoms with Gasteiger partial charge in [-0.3, -0.25) is 9.59 Å². The second kappa shape index (κ2) is 7.07. The Morgan fingerprint density at radius 2 is 1.90 bits per heavy atom. The monoisotopic (exact) mass is 282 g/mol. The molecule has 0 aromatic rings. The van der Waals surface area contributed by atoms with Crippen molar-refractivity contribution < 1.29 is 14.3 Å². The molecule has 1 saturated carbocycles. The van der Waals surface area contributed by atoms with Gasteiger partial charge in [-0.05, 0) is 19.3 Å². The second-order valence-electron chi connectivity index (χ2n) is 5.85. The first-order valence-corrected chi connectivity index (χ1v) is 7.81. The van der Waals surface area contributed by atoms with Gasteiger partial charge in [0.15, 0.2) is 0 Å². The van der Waals surface area contributed by atoms with E-state index in [1.165, 1.54) is 19.3 Å². The molecule has 114 valence electrons. The largest absolute Gasteiger partial charge is 0.365 e. The highest BCUT2D eigenvalue weighted by atomic mass is 16.5. The smallest absolute Gasteiger partial charge is 0.251 e. The Balaban J connectivity index is 1.79. The number of hydrogen-bond donors (Lipinski definition) is 1. The third-order valence-electron chi connectivity index (χ3n) is 4.37. The molecular weight excluding hydrogens is 256 g/mol. The van der Waals surface area contributed by atoms with Gasteiger partial charge in [-0.2, -0.15) is 0 Å². The van der Waals surface area contributed by atoms with Gasteiger partial charge in [-0.1, -0.05) is 26.2 Å². The summed E-state index contributed by atoms with van der Waals surface area (Å²) >= 11 is 0. The van der Waals surface area contributed by atoms with E-state index in [1.54, 1.807) is 11.9 Å². The summed E-state index contributed by atoms with van der Waals surface area (Å²) in [6.07, 6.45) is 6.46. The van der Waals surface area contributed by atoms with Crippen LogP contribution in [-0.2, 0) is 14.3 Å². The van der Waals surface area contributed by atoms with Crippen molar-refractivity contribution in [3.05, 3.63) is 0 Å². The van der Waals surface area contributed by atoms with E-state index in [9.17, 15) is 9.59 Å². The maximum atomic E-state index is 12.4. The van der Waals surface area contributed by atoms with Gasteiger partial charge in [0.2, 0.25) is 5.91 Å². The fraction of sp³-hybridized carbons (Fsp3) is 0.867. The highest BCUT2D eigenvalue weighted by molar-refractivity contribution is 5.86. The maximum Gasteiger partial charge on any atom is 0.251 e. The number of hydrogen-bond acceptors (Lipinski definition) is 3. The van der Waals surface area contributed by atoms with Crippen molar-refractivity contribution in [2.45, 2.75) is 57.7 Å². The molecule has 1 unspecified atom stereocenters. The van der Waals surface area contributed by atoms with Crippen molar-refractivity contribution in [2.24, 2.45) is 5.92 Å². The molecule has 1 heterocycles. The van der Waals surface area contributed by atoms with Crippen LogP contribution in [0, 0.1) is 5.92 Å². The first-order chi connectivity index (χ1) is 9.65. The summed E-state index contributed by atoms with van der Waals surface area (Å²) in [5.74, 6) is 0.0321. The summed E-state index contributed by atoms with van der Waals surface area (Å²) in [5, 5.41) is 2.63. The van der Waals surface area contributed by atoms with Gasteiger partial charge >= 0.3 is 0 Å². The van der Waals surface area contributed by atoms with Gasteiger partial charge in [-0.15, -0.1) is 0 Å². The zero-order valence-electron chi connectivity index (χ0n) is 12.6. The summed E-state index contributed by atoms with van der Waals surface area (Å²) < 4.78 is 5.99. The first kappa shape index (κ1) is 15.3. The number of carbonyl (C=O) groups excluding carboxylic acids is 2. The van der Waals surface area contributed by atoms with Gasteiger partial charge in [0, 0.05) is 20.1 Å². The molecule has 1 aliphatic carbocycles. The van der Waals surface area contributed by atoms with E-state index in [4.69, 9.17) is 4.74 Å². The minimum atomic E-state index is -0.330. The maximum absolute atomic E-state index is 12.4. The number of ether oxygens (including phenoxy) is 1. The standard InChI is InChI=1S/C15H26N2O3/c1-3-13(20-12-7-5-4-6-8-12)15(19)17-9-11(10-17)14(18)16-2/h11-13H,3-10H2,1-2H3,(H,16,18). The Morgan fingerprint density at radius 3 is 2.45 bits per heavy atom. The molecule has 0 radical (unpaired) electrons. The van der Waals surface area contributed by atoms with E-state index in [1.807, 2.05) is 6.92 Å². The number of rotatable bonds is 5. The summed E-state index contributed by atoms with van der Waals surface area (Å²) in [6.45, 7) is 3.05. The fourth-order valence-electron chi connectivity index (χ4n) is 2.99. The summed E-state index contributed by atoms with van der Waals surface area (Å²) in [5.41, 5.74) is 0. The first-order valence-electron chi connectivity index (χ1n) is 7.81. The van der Waals surface area contributed by atoms with E-state index in [0.717, 1.165) is 12.8 Å². The fourth-order valence-corrected chi connectivity index (χ4v) is 2.99. The van der Waals surface area contributed by atoms with Crippen LogP contribution < -0.4 is 5.32 Å². The van der Waals surface area contributed by atoms with Gasteiger partial charge in [-0.25, -0.2) is 0 Å². The average Bonchev–Trinajstić information content (AvgIpc) is 2.43.